The summed E-state index contributed by atoms with van der Waals surface area (Å²) in [5.41, 5.74) is -0.153. The van der Waals surface area contributed by atoms with Crippen LogP contribution in [-0.2, 0) is 0 Å². The molecule has 0 saturated heterocycles. The van der Waals surface area contributed by atoms with Gasteiger partial charge in [-0.3, -0.25) is 0 Å². The van der Waals surface area contributed by atoms with Gasteiger partial charge in [0.15, 0.2) is 0 Å². The molecule has 5 heteroatoms. The third kappa shape index (κ3) is 1.71. The molecule has 0 heterocycles. The number of halogens is 3. The molecule has 2 nitrogen and oxygen atoms in total. The fraction of sp³-hybridized carbons (Fsp3) is 0. The van der Waals surface area contributed by atoms with E-state index in [0.717, 1.165) is 18.3 Å². The highest BCUT2D eigenvalue weighted by atomic mass is 35.5. The van der Waals surface area contributed by atoms with Crippen molar-refractivity contribution in [2.45, 2.75) is 0 Å². The highest BCUT2D eigenvalue weighted by molar-refractivity contribution is 6.30. The largest absolute Gasteiger partial charge is 0.411 e. The summed E-state index contributed by atoms with van der Waals surface area (Å²) in [7, 11) is 0. The van der Waals surface area contributed by atoms with Crippen molar-refractivity contribution in [2.75, 3.05) is 0 Å². The van der Waals surface area contributed by atoms with Gasteiger partial charge in [-0.1, -0.05) is 16.8 Å². The lowest BCUT2D eigenvalue weighted by Crippen LogP contribution is -1.90. The van der Waals surface area contributed by atoms with Crippen LogP contribution in [0.15, 0.2) is 17.3 Å². The molecule has 0 saturated carbocycles. The van der Waals surface area contributed by atoms with Crippen molar-refractivity contribution in [1.29, 1.82) is 0 Å². The van der Waals surface area contributed by atoms with Crippen molar-refractivity contribution in [2.24, 2.45) is 5.16 Å². The Bertz CT molecular complexity index is 327. The summed E-state index contributed by atoms with van der Waals surface area (Å²) in [5.74, 6) is -1.49. The summed E-state index contributed by atoms with van der Waals surface area (Å²) in [5, 5.41) is 10.3. The standard InChI is InChI=1S/C7H4ClF2NO/c8-5-2-6(9)4(3-11-12)1-7(5)10/h1-3,12H/b11-3-. The Morgan fingerprint density at radius 2 is 2.00 bits per heavy atom. The Balaban J connectivity index is 3.23. The van der Waals surface area contributed by atoms with Crippen LogP contribution >= 0.6 is 11.6 Å². The molecule has 0 atom stereocenters. The van der Waals surface area contributed by atoms with E-state index >= 15 is 0 Å². The summed E-state index contributed by atoms with van der Waals surface area (Å²) in [6, 6.07) is 1.66. The third-order valence-corrected chi connectivity index (χ3v) is 1.53. The Morgan fingerprint density at radius 1 is 1.33 bits per heavy atom. The van der Waals surface area contributed by atoms with Crippen molar-refractivity contribution in [3.8, 4) is 0 Å². The minimum atomic E-state index is -0.757. The normalized spacial score (nSPS) is 10.9. The summed E-state index contributed by atoms with van der Waals surface area (Å²) in [6.07, 6.45) is 0.786. The van der Waals surface area contributed by atoms with E-state index < -0.39 is 11.6 Å². The van der Waals surface area contributed by atoms with E-state index in [-0.39, 0.29) is 10.6 Å². The van der Waals surface area contributed by atoms with Crippen LogP contribution < -0.4 is 0 Å². The molecular formula is C7H4ClF2NO. The van der Waals surface area contributed by atoms with Gasteiger partial charge in [-0.05, 0) is 12.1 Å². The molecule has 12 heavy (non-hydrogen) atoms. The molecule has 64 valence electrons. The molecule has 0 aliphatic heterocycles. The van der Waals surface area contributed by atoms with Gasteiger partial charge >= 0.3 is 0 Å². The first kappa shape index (κ1) is 8.93. The fourth-order valence-corrected chi connectivity index (χ4v) is 0.849. The summed E-state index contributed by atoms with van der Waals surface area (Å²) < 4.78 is 25.4. The molecule has 1 rings (SSSR count). The first-order chi connectivity index (χ1) is 5.65. The Morgan fingerprint density at radius 3 is 2.58 bits per heavy atom. The molecule has 1 aromatic carbocycles. The molecular weight excluding hydrogens is 188 g/mol. The molecule has 0 amide bonds. The number of hydrogen-bond acceptors (Lipinski definition) is 2. The summed E-state index contributed by atoms with van der Waals surface area (Å²) >= 11 is 5.26. The number of nitrogens with zero attached hydrogens (tertiary/aromatic N) is 1. The van der Waals surface area contributed by atoms with Gasteiger partial charge in [0, 0.05) is 5.56 Å². The molecule has 0 aliphatic rings. The van der Waals surface area contributed by atoms with Gasteiger partial charge in [0.2, 0.25) is 0 Å². The van der Waals surface area contributed by atoms with Gasteiger partial charge in [0.25, 0.3) is 0 Å². The van der Waals surface area contributed by atoms with Crippen LogP contribution in [-0.4, -0.2) is 11.4 Å². The van der Waals surface area contributed by atoms with Gasteiger partial charge < -0.3 is 5.21 Å². The van der Waals surface area contributed by atoms with E-state index in [4.69, 9.17) is 16.8 Å². The molecule has 0 spiro atoms. The first-order valence-electron chi connectivity index (χ1n) is 2.97. The average molecular weight is 192 g/mol. The zero-order chi connectivity index (χ0) is 9.14. The molecule has 1 aromatic rings. The highest BCUT2D eigenvalue weighted by Gasteiger charge is 2.06. The average Bonchev–Trinajstić information content (AvgIpc) is 2.01. The van der Waals surface area contributed by atoms with Crippen LogP contribution in [0.4, 0.5) is 8.78 Å². The maximum Gasteiger partial charge on any atom is 0.142 e. The number of hydrogen-bond donors (Lipinski definition) is 1. The van der Waals surface area contributed by atoms with Crippen molar-refractivity contribution in [3.05, 3.63) is 34.4 Å². The van der Waals surface area contributed by atoms with Gasteiger partial charge in [-0.2, -0.15) is 0 Å². The molecule has 0 radical (unpaired) electrons. The molecule has 0 aromatic heterocycles. The Kier molecular flexibility index (Phi) is 2.60. The van der Waals surface area contributed by atoms with Crippen LogP contribution in [0.3, 0.4) is 0 Å². The molecule has 0 fully saturated rings. The lowest BCUT2D eigenvalue weighted by Gasteiger charge is -1.97. The van der Waals surface area contributed by atoms with Crippen molar-refractivity contribution in [3.63, 3.8) is 0 Å². The molecule has 1 N–H and O–H groups in total. The fourth-order valence-electron chi connectivity index (χ4n) is 0.699. The quantitative estimate of drug-likeness (QED) is 0.314. The second-order valence-electron chi connectivity index (χ2n) is 2.03. The van der Waals surface area contributed by atoms with Crippen LogP contribution in [0.5, 0.6) is 0 Å². The Labute approximate surface area is 72.1 Å². The van der Waals surface area contributed by atoms with Crippen LogP contribution in [0.2, 0.25) is 5.02 Å². The third-order valence-electron chi connectivity index (χ3n) is 1.24. The van der Waals surface area contributed by atoms with E-state index in [1.165, 1.54) is 0 Å². The van der Waals surface area contributed by atoms with E-state index in [9.17, 15) is 8.78 Å². The predicted octanol–water partition coefficient (Wildman–Crippen LogP) is 2.43. The zero-order valence-corrected chi connectivity index (χ0v) is 6.52. The van der Waals surface area contributed by atoms with Gasteiger partial charge in [-0.25, -0.2) is 8.78 Å². The highest BCUT2D eigenvalue weighted by Crippen LogP contribution is 2.17. The Hall–Kier alpha value is -1.16. The van der Waals surface area contributed by atoms with E-state index in [1.54, 1.807) is 0 Å². The minimum absolute atomic E-state index is 0.153. The van der Waals surface area contributed by atoms with Crippen molar-refractivity contribution in [1.82, 2.24) is 0 Å². The van der Waals surface area contributed by atoms with Crippen LogP contribution in [0.25, 0.3) is 0 Å². The van der Waals surface area contributed by atoms with Gasteiger partial charge in [0.05, 0.1) is 11.2 Å². The molecule has 0 unspecified atom stereocenters. The van der Waals surface area contributed by atoms with Crippen molar-refractivity contribution < 1.29 is 14.0 Å². The van der Waals surface area contributed by atoms with Crippen LogP contribution in [0, 0.1) is 11.6 Å². The van der Waals surface area contributed by atoms with Crippen LogP contribution in [0.1, 0.15) is 5.56 Å². The smallest absolute Gasteiger partial charge is 0.142 e. The second kappa shape index (κ2) is 3.49. The minimum Gasteiger partial charge on any atom is -0.411 e. The maximum atomic E-state index is 12.8. The lowest BCUT2D eigenvalue weighted by molar-refractivity contribution is 0.321. The number of benzene rings is 1. The maximum absolute atomic E-state index is 12.8. The zero-order valence-electron chi connectivity index (χ0n) is 5.76. The van der Waals surface area contributed by atoms with E-state index in [1.807, 2.05) is 0 Å². The molecule has 0 aliphatic carbocycles. The monoisotopic (exact) mass is 191 g/mol. The second-order valence-corrected chi connectivity index (χ2v) is 2.44. The number of oxime groups is 1. The van der Waals surface area contributed by atoms with Crippen molar-refractivity contribution >= 4 is 17.8 Å². The predicted molar refractivity (Wildman–Crippen MR) is 40.7 cm³/mol. The SMILES string of the molecule is O/N=C\c1cc(F)c(Cl)cc1F. The number of rotatable bonds is 1. The van der Waals surface area contributed by atoms with E-state index in [0.29, 0.717) is 0 Å². The summed E-state index contributed by atoms with van der Waals surface area (Å²) in [4.78, 5) is 0. The van der Waals surface area contributed by atoms with Gasteiger partial charge in [-0.15, -0.1) is 0 Å². The van der Waals surface area contributed by atoms with E-state index in [2.05, 4.69) is 5.16 Å². The molecule has 0 bridgehead atoms. The first-order valence-corrected chi connectivity index (χ1v) is 3.35. The topological polar surface area (TPSA) is 32.6 Å². The lowest BCUT2D eigenvalue weighted by atomic mass is 10.2. The van der Waals surface area contributed by atoms with Gasteiger partial charge in [0.1, 0.15) is 11.6 Å². The summed E-state index contributed by atoms with van der Waals surface area (Å²) in [6.45, 7) is 0.